The van der Waals surface area contributed by atoms with Crippen LogP contribution < -0.4 is 0 Å². The monoisotopic (exact) mass is 228 g/mol. The van der Waals surface area contributed by atoms with Crippen LogP contribution in [0.2, 0.25) is 13.1 Å². The van der Waals surface area contributed by atoms with Crippen molar-refractivity contribution in [3.63, 3.8) is 0 Å². The quantitative estimate of drug-likeness (QED) is 0.556. The summed E-state index contributed by atoms with van der Waals surface area (Å²) in [6, 6.07) is 10.4. The zero-order chi connectivity index (χ0) is 10.4. The van der Waals surface area contributed by atoms with Crippen LogP contribution in [0.15, 0.2) is 30.3 Å². The fourth-order valence-corrected chi connectivity index (χ4v) is 2.09. The second kappa shape index (κ2) is 5.54. The average Bonchev–Trinajstić information content (AvgIpc) is 2.19. The van der Waals surface area contributed by atoms with Gasteiger partial charge >= 0.3 is 0 Å². The Labute approximate surface area is 92.2 Å². The van der Waals surface area contributed by atoms with Crippen LogP contribution in [-0.2, 0) is 10.8 Å². The minimum Gasteiger partial charge on any atom is -0.416 e. The molecule has 1 aromatic carbocycles. The third kappa shape index (κ3) is 4.27. The maximum atomic E-state index is 5.81. The van der Waals surface area contributed by atoms with Gasteiger partial charge < -0.3 is 4.43 Å². The second-order valence-corrected chi connectivity index (χ2v) is 8.85. The van der Waals surface area contributed by atoms with Crippen LogP contribution in [0.3, 0.4) is 0 Å². The van der Waals surface area contributed by atoms with Crippen molar-refractivity contribution in [3.8, 4) is 0 Å². The Kier molecular flexibility index (Phi) is 4.65. The van der Waals surface area contributed by atoms with Gasteiger partial charge in [-0.15, -0.1) is 11.6 Å². The van der Waals surface area contributed by atoms with Gasteiger partial charge in [-0.25, -0.2) is 0 Å². The van der Waals surface area contributed by atoms with Gasteiger partial charge in [0.15, 0.2) is 0 Å². The lowest BCUT2D eigenvalue weighted by atomic mass is 10.2. The maximum Gasteiger partial charge on any atom is 0.201 e. The molecule has 1 aromatic rings. The van der Waals surface area contributed by atoms with Gasteiger partial charge in [-0.1, -0.05) is 30.3 Å². The van der Waals surface area contributed by atoms with Crippen molar-refractivity contribution < 1.29 is 4.43 Å². The largest absolute Gasteiger partial charge is 0.416 e. The molecule has 0 bridgehead atoms. The number of rotatable bonds is 5. The topological polar surface area (TPSA) is 9.23 Å². The lowest BCUT2D eigenvalue weighted by Gasteiger charge is -2.19. The van der Waals surface area contributed by atoms with E-state index in [4.69, 9.17) is 16.0 Å². The molecule has 1 nitrogen and oxygen atoms in total. The van der Waals surface area contributed by atoms with E-state index in [9.17, 15) is 0 Å². The normalized spacial score (nSPS) is 11.6. The highest BCUT2D eigenvalue weighted by atomic mass is 35.5. The molecule has 14 heavy (non-hydrogen) atoms. The number of hydrogen-bond donors (Lipinski definition) is 0. The molecular weight excluding hydrogens is 212 g/mol. The third-order valence-corrected chi connectivity index (χ3v) is 5.61. The highest BCUT2D eigenvalue weighted by molar-refractivity contribution is 6.77. The van der Waals surface area contributed by atoms with Crippen molar-refractivity contribution >= 4 is 19.9 Å². The molecule has 0 saturated carbocycles. The highest BCUT2D eigenvalue weighted by Crippen LogP contribution is 2.08. The number of hydrogen-bond acceptors (Lipinski definition) is 1. The standard InChI is InChI=1S/C11H17ClOSi/c1-14(2,10-12)13-9-8-11-6-4-3-5-7-11/h3-7H,8-10H2,1-2H3. The van der Waals surface area contributed by atoms with E-state index in [1.807, 2.05) is 6.07 Å². The zero-order valence-corrected chi connectivity index (χ0v) is 10.6. The molecule has 1 rings (SSSR count). The van der Waals surface area contributed by atoms with Crippen LogP contribution in [0.5, 0.6) is 0 Å². The summed E-state index contributed by atoms with van der Waals surface area (Å²) in [5.41, 5.74) is 1.99. The summed E-state index contributed by atoms with van der Waals surface area (Å²) in [5.74, 6) is 0. The molecule has 0 amide bonds. The van der Waals surface area contributed by atoms with Gasteiger partial charge in [-0.3, -0.25) is 0 Å². The van der Waals surface area contributed by atoms with Crippen LogP contribution in [0.4, 0.5) is 0 Å². The van der Waals surface area contributed by atoms with Gasteiger partial charge in [-0.05, 0) is 25.1 Å². The molecule has 3 heteroatoms. The molecule has 0 aliphatic carbocycles. The Hall–Kier alpha value is -0.313. The maximum absolute atomic E-state index is 5.81. The van der Waals surface area contributed by atoms with E-state index in [-0.39, 0.29) is 0 Å². The van der Waals surface area contributed by atoms with Crippen LogP contribution >= 0.6 is 11.6 Å². The Morgan fingerprint density at radius 3 is 2.43 bits per heavy atom. The van der Waals surface area contributed by atoms with Gasteiger partial charge in [-0.2, -0.15) is 0 Å². The van der Waals surface area contributed by atoms with Crippen LogP contribution in [0.25, 0.3) is 0 Å². The first kappa shape index (κ1) is 11.8. The number of benzene rings is 1. The third-order valence-electron chi connectivity index (χ3n) is 2.05. The fraction of sp³-hybridized carbons (Fsp3) is 0.455. The molecule has 0 spiro atoms. The fourth-order valence-electron chi connectivity index (χ4n) is 1.13. The minimum atomic E-state index is -1.57. The summed E-state index contributed by atoms with van der Waals surface area (Å²) in [4.78, 5) is 0. The van der Waals surface area contributed by atoms with Crippen molar-refractivity contribution in [2.75, 3.05) is 12.1 Å². The van der Waals surface area contributed by atoms with Crippen molar-refractivity contribution in [1.29, 1.82) is 0 Å². The molecule has 0 heterocycles. The van der Waals surface area contributed by atoms with Crippen LogP contribution in [0.1, 0.15) is 5.56 Å². The number of alkyl halides is 1. The highest BCUT2D eigenvalue weighted by Gasteiger charge is 2.20. The Morgan fingerprint density at radius 2 is 1.86 bits per heavy atom. The van der Waals surface area contributed by atoms with Crippen molar-refractivity contribution in [2.24, 2.45) is 0 Å². The smallest absolute Gasteiger partial charge is 0.201 e. The SMILES string of the molecule is C[Si](C)(CCl)OCCc1ccccc1. The molecule has 0 radical (unpaired) electrons. The lowest BCUT2D eigenvalue weighted by molar-refractivity contribution is 0.315. The molecule has 78 valence electrons. The molecule has 0 aliphatic heterocycles. The predicted molar refractivity (Wildman–Crippen MR) is 64.3 cm³/mol. The molecule has 0 saturated heterocycles. The molecule has 0 N–H and O–H groups in total. The summed E-state index contributed by atoms with van der Waals surface area (Å²) in [5, 5.41) is 0. The Morgan fingerprint density at radius 1 is 1.21 bits per heavy atom. The van der Waals surface area contributed by atoms with Gasteiger partial charge in [0.25, 0.3) is 0 Å². The van der Waals surface area contributed by atoms with E-state index >= 15 is 0 Å². The predicted octanol–water partition coefficient (Wildman–Crippen LogP) is 3.23. The summed E-state index contributed by atoms with van der Waals surface area (Å²) >= 11 is 5.81. The van der Waals surface area contributed by atoms with E-state index < -0.39 is 8.32 Å². The average molecular weight is 229 g/mol. The van der Waals surface area contributed by atoms with E-state index in [2.05, 4.69) is 37.4 Å². The van der Waals surface area contributed by atoms with Crippen molar-refractivity contribution in [3.05, 3.63) is 35.9 Å². The van der Waals surface area contributed by atoms with Gasteiger partial charge in [0, 0.05) is 12.1 Å². The zero-order valence-electron chi connectivity index (χ0n) is 8.79. The van der Waals surface area contributed by atoms with E-state index in [1.54, 1.807) is 0 Å². The Balaban J connectivity index is 2.29. The minimum absolute atomic E-state index is 0.668. The van der Waals surface area contributed by atoms with Crippen molar-refractivity contribution in [2.45, 2.75) is 19.5 Å². The summed E-state index contributed by atoms with van der Waals surface area (Å²) in [6.07, 6.45) is 0.980. The molecule has 0 atom stereocenters. The molecular formula is C11H17ClOSi. The van der Waals surface area contributed by atoms with Gasteiger partial charge in [0.05, 0.1) is 0 Å². The molecule has 0 aliphatic rings. The molecule has 0 aromatic heterocycles. The first-order valence-electron chi connectivity index (χ1n) is 4.88. The van der Waals surface area contributed by atoms with Crippen molar-refractivity contribution in [1.82, 2.24) is 0 Å². The Bertz CT molecular complexity index is 261. The summed E-state index contributed by atoms with van der Waals surface area (Å²) < 4.78 is 5.79. The lowest BCUT2D eigenvalue weighted by Crippen LogP contribution is -2.33. The van der Waals surface area contributed by atoms with Crippen LogP contribution in [-0.4, -0.2) is 20.4 Å². The van der Waals surface area contributed by atoms with E-state index in [0.717, 1.165) is 13.0 Å². The van der Waals surface area contributed by atoms with Gasteiger partial charge in [0.1, 0.15) is 0 Å². The molecule has 0 fully saturated rings. The second-order valence-electron chi connectivity index (χ2n) is 3.98. The number of halogens is 1. The van der Waals surface area contributed by atoms with Crippen LogP contribution in [0, 0.1) is 0 Å². The first-order chi connectivity index (χ1) is 6.64. The summed E-state index contributed by atoms with van der Waals surface area (Å²) in [6.45, 7) is 5.08. The van der Waals surface area contributed by atoms with E-state index in [1.165, 1.54) is 5.56 Å². The molecule has 0 unspecified atom stereocenters. The van der Waals surface area contributed by atoms with Gasteiger partial charge in [0.2, 0.25) is 8.32 Å². The first-order valence-corrected chi connectivity index (χ1v) is 8.53. The summed E-state index contributed by atoms with van der Waals surface area (Å²) in [7, 11) is -1.57. The van der Waals surface area contributed by atoms with E-state index in [0.29, 0.717) is 5.50 Å².